The summed E-state index contributed by atoms with van der Waals surface area (Å²) in [5.41, 5.74) is 0.249. The van der Waals surface area contributed by atoms with Crippen LogP contribution in [0.2, 0.25) is 0 Å². The zero-order valence-electron chi connectivity index (χ0n) is 21.2. The van der Waals surface area contributed by atoms with E-state index < -0.39 is 29.5 Å². The molecule has 0 bridgehead atoms. The van der Waals surface area contributed by atoms with Crippen LogP contribution in [0, 0.1) is 11.7 Å². The summed E-state index contributed by atoms with van der Waals surface area (Å²) < 4.78 is 35.7. The third-order valence-electron chi connectivity index (χ3n) is 7.11. The first kappa shape index (κ1) is 26.3. The maximum Gasteiger partial charge on any atom is 0.309 e. The summed E-state index contributed by atoms with van der Waals surface area (Å²) >= 11 is 0. The number of likely N-dealkylation sites (tertiary alicyclic amines) is 1. The van der Waals surface area contributed by atoms with E-state index in [1.165, 1.54) is 6.07 Å². The van der Waals surface area contributed by atoms with Crippen molar-refractivity contribution in [1.29, 1.82) is 0 Å². The van der Waals surface area contributed by atoms with Crippen LogP contribution in [0.25, 0.3) is 0 Å². The van der Waals surface area contributed by atoms with Gasteiger partial charge in [-0.2, -0.15) is 0 Å². The Balaban J connectivity index is 1.30. The zero-order chi connectivity index (χ0) is 26.0. The van der Waals surface area contributed by atoms with Gasteiger partial charge in [-0.15, -0.1) is 0 Å². The number of rotatable bonds is 5. The first-order valence-electron chi connectivity index (χ1n) is 12.8. The molecule has 1 aromatic rings. The molecule has 0 radical (unpaired) electrons. The molecule has 0 spiro atoms. The first-order valence-corrected chi connectivity index (χ1v) is 12.8. The second-order valence-corrected chi connectivity index (χ2v) is 11.0. The van der Waals surface area contributed by atoms with Crippen LogP contribution in [-0.2, 0) is 19.1 Å². The molecule has 3 aliphatic heterocycles. The smallest absolute Gasteiger partial charge is 0.309 e. The number of esters is 1. The molecule has 10 heteroatoms. The predicted octanol–water partition coefficient (Wildman–Crippen LogP) is 3.01. The largest absolute Gasteiger partial charge is 0.460 e. The number of halogens is 2. The van der Waals surface area contributed by atoms with Crippen LogP contribution in [0.3, 0.4) is 0 Å². The third-order valence-corrected chi connectivity index (χ3v) is 7.11. The first-order chi connectivity index (χ1) is 17.0. The molecule has 8 nitrogen and oxygen atoms in total. The van der Waals surface area contributed by atoms with Gasteiger partial charge in [-0.25, -0.2) is 8.78 Å². The average molecular weight is 507 g/mol. The monoisotopic (exact) mass is 506 g/mol. The minimum Gasteiger partial charge on any atom is -0.460 e. The van der Waals surface area contributed by atoms with Gasteiger partial charge in [0, 0.05) is 24.7 Å². The molecule has 3 aliphatic rings. The lowest BCUT2D eigenvalue weighted by atomic mass is 9.92. The van der Waals surface area contributed by atoms with Gasteiger partial charge in [0.25, 0.3) is 0 Å². The van der Waals surface area contributed by atoms with Crippen LogP contribution in [0.1, 0.15) is 52.9 Å². The van der Waals surface area contributed by atoms with Crippen LogP contribution in [0.5, 0.6) is 0 Å². The van der Waals surface area contributed by atoms with Crippen LogP contribution in [0.15, 0.2) is 18.2 Å². The van der Waals surface area contributed by atoms with Gasteiger partial charge in [-0.05, 0) is 77.7 Å². The quantitative estimate of drug-likeness (QED) is 0.469. The van der Waals surface area contributed by atoms with Crippen LogP contribution < -0.4 is 15.5 Å². The summed E-state index contributed by atoms with van der Waals surface area (Å²) in [6.45, 7) is 7.46. The highest BCUT2D eigenvalue weighted by molar-refractivity contribution is 6.01. The molecule has 198 valence electrons. The molecule has 0 aliphatic carbocycles. The van der Waals surface area contributed by atoms with E-state index in [1.807, 2.05) is 20.8 Å². The zero-order valence-corrected chi connectivity index (χ0v) is 21.2. The third kappa shape index (κ3) is 6.32. The minimum atomic E-state index is -1.14. The number of benzene rings is 1. The Morgan fingerprint density at radius 1 is 1.11 bits per heavy atom. The average Bonchev–Trinajstić information content (AvgIpc) is 2.80. The van der Waals surface area contributed by atoms with E-state index in [9.17, 15) is 18.8 Å². The van der Waals surface area contributed by atoms with Crippen molar-refractivity contribution in [3.05, 3.63) is 24.0 Å². The van der Waals surface area contributed by atoms with E-state index in [4.69, 9.17) is 4.74 Å². The van der Waals surface area contributed by atoms with E-state index in [0.717, 1.165) is 0 Å². The Hall–Kier alpha value is -2.75. The Morgan fingerprint density at radius 2 is 1.83 bits per heavy atom. The number of nitrogens with one attached hydrogen (secondary N) is 2. The van der Waals surface area contributed by atoms with Gasteiger partial charge in [-0.3, -0.25) is 24.6 Å². The number of ether oxygens (including phenoxy) is 1. The van der Waals surface area contributed by atoms with Crippen LogP contribution in [-0.4, -0.2) is 72.7 Å². The fourth-order valence-electron chi connectivity index (χ4n) is 5.26. The summed E-state index contributed by atoms with van der Waals surface area (Å²) in [6.07, 6.45) is 1.30. The number of anilines is 2. The van der Waals surface area contributed by atoms with Crippen molar-refractivity contribution in [2.45, 2.75) is 76.7 Å². The minimum absolute atomic E-state index is 0.0908. The number of alkyl halides is 1. The van der Waals surface area contributed by atoms with E-state index in [1.54, 1.807) is 17.0 Å². The van der Waals surface area contributed by atoms with E-state index in [0.29, 0.717) is 56.7 Å². The lowest BCUT2D eigenvalue weighted by Gasteiger charge is -2.44. The number of carbonyl (C=O) groups is 3. The van der Waals surface area contributed by atoms with E-state index in [2.05, 4.69) is 15.5 Å². The SMILES string of the molecule is CC(C)(C)OC(=O)C1CCN(C2CCN(c3ccc(NC4CCC(=O)NC4=O)cc3F)CC2F)CC1. The Morgan fingerprint density at radius 3 is 2.44 bits per heavy atom. The standard InChI is InChI=1S/C26H36F2N4O4/c1-26(2,3)36-25(35)16-8-11-31(12-9-16)22-10-13-32(15-19(22)28)21-6-4-17(14-18(21)27)29-20-5-7-23(33)30-24(20)34/h4,6,14,16,19-20,22,29H,5,7-13,15H2,1-3H3,(H,30,33,34). The van der Waals surface area contributed by atoms with Gasteiger partial charge in [0.15, 0.2) is 0 Å². The fourth-order valence-corrected chi connectivity index (χ4v) is 5.26. The summed E-state index contributed by atoms with van der Waals surface area (Å²) in [7, 11) is 0. The molecule has 3 atom stereocenters. The Labute approximate surface area is 210 Å². The second kappa shape index (κ2) is 10.7. The number of piperidine rings is 3. The number of nitrogens with zero attached hydrogens (tertiary/aromatic N) is 2. The molecule has 4 rings (SSSR count). The highest BCUT2D eigenvalue weighted by Gasteiger charge is 2.38. The molecule has 1 aromatic carbocycles. The normalized spacial score (nSPS) is 26.5. The van der Waals surface area contributed by atoms with Gasteiger partial charge in [-0.1, -0.05) is 0 Å². The van der Waals surface area contributed by atoms with Gasteiger partial charge >= 0.3 is 5.97 Å². The second-order valence-electron chi connectivity index (χ2n) is 11.0. The number of amides is 2. The Kier molecular flexibility index (Phi) is 7.82. The molecule has 2 N–H and O–H groups in total. The van der Waals surface area contributed by atoms with Crippen molar-refractivity contribution in [2.24, 2.45) is 5.92 Å². The number of hydrogen-bond donors (Lipinski definition) is 2. The van der Waals surface area contributed by atoms with Gasteiger partial charge in [0.05, 0.1) is 18.2 Å². The summed E-state index contributed by atoms with van der Waals surface area (Å²) in [5.74, 6) is -1.56. The maximum atomic E-state index is 15.3. The molecule has 3 heterocycles. The molecular formula is C26H36F2N4O4. The molecule has 2 amide bonds. The number of hydrogen-bond acceptors (Lipinski definition) is 7. The van der Waals surface area contributed by atoms with Crippen molar-refractivity contribution < 1.29 is 27.9 Å². The van der Waals surface area contributed by atoms with Crippen molar-refractivity contribution >= 4 is 29.2 Å². The van der Waals surface area contributed by atoms with Crippen molar-refractivity contribution in [3.63, 3.8) is 0 Å². The molecule has 3 fully saturated rings. The lowest BCUT2D eigenvalue weighted by Crippen LogP contribution is -2.55. The summed E-state index contributed by atoms with van der Waals surface area (Å²) in [6, 6.07) is 3.72. The molecule has 3 saturated heterocycles. The predicted molar refractivity (Wildman–Crippen MR) is 132 cm³/mol. The van der Waals surface area contributed by atoms with Crippen LogP contribution >= 0.6 is 0 Å². The summed E-state index contributed by atoms with van der Waals surface area (Å²) in [4.78, 5) is 39.5. The molecule has 3 unspecified atom stereocenters. The topological polar surface area (TPSA) is 91.0 Å². The Bertz CT molecular complexity index is 991. The fraction of sp³-hybridized carbons (Fsp3) is 0.654. The molecule has 36 heavy (non-hydrogen) atoms. The van der Waals surface area contributed by atoms with Crippen molar-refractivity contribution in [2.75, 3.05) is 36.4 Å². The maximum absolute atomic E-state index is 15.3. The highest BCUT2D eigenvalue weighted by atomic mass is 19.1. The van der Waals surface area contributed by atoms with E-state index >= 15 is 4.39 Å². The number of imide groups is 1. The molecule has 0 saturated carbocycles. The molecular weight excluding hydrogens is 470 g/mol. The van der Waals surface area contributed by atoms with Crippen molar-refractivity contribution in [3.8, 4) is 0 Å². The van der Waals surface area contributed by atoms with Gasteiger partial charge < -0.3 is 15.0 Å². The summed E-state index contributed by atoms with van der Waals surface area (Å²) in [5, 5.41) is 5.24. The van der Waals surface area contributed by atoms with Crippen molar-refractivity contribution in [1.82, 2.24) is 10.2 Å². The number of carbonyl (C=O) groups excluding carboxylic acids is 3. The highest BCUT2D eigenvalue weighted by Crippen LogP contribution is 2.31. The molecule has 0 aromatic heterocycles. The lowest BCUT2D eigenvalue weighted by molar-refractivity contribution is -0.162. The van der Waals surface area contributed by atoms with Gasteiger partial charge in [0.1, 0.15) is 23.6 Å². The van der Waals surface area contributed by atoms with Crippen LogP contribution in [0.4, 0.5) is 20.2 Å². The van der Waals surface area contributed by atoms with Gasteiger partial charge in [0.2, 0.25) is 11.8 Å². The van der Waals surface area contributed by atoms with E-state index in [-0.39, 0.29) is 36.8 Å².